The van der Waals surface area contributed by atoms with Gasteiger partial charge in [-0.05, 0) is 19.1 Å². The van der Waals surface area contributed by atoms with Gasteiger partial charge in [-0.25, -0.2) is 13.1 Å². The summed E-state index contributed by atoms with van der Waals surface area (Å²) in [5, 5.41) is 10.9. The van der Waals surface area contributed by atoms with E-state index in [4.69, 9.17) is 5.73 Å². The molecule has 8 nitrogen and oxygen atoms in total. The average Bonchev–Trinajstić information content (AvgIpc) is 2.26. The van der Waals surface area contributed by atoms with E-state index in [1.807, 2.05) is 0 Å². The Bertz CT molecular complexity index is 644. The SMILES string of the molecule is CC(CS(C)=O)NS(=O)(=O)c1cc(N)ccc1[N+](=O)[O-]. The molecule has 1 rings (SSSR count). The van der Waals surface area contributed by atoms with Gasteiger partial charge in [0.25, 0.3) is 5.69 Å². The number of benzene rings is 1. The number of hydrogen-bond acceptors (Lipinski definition) is 6. The van der Waals surface area contributed by atoms with Crippen LogP contribution >= 0.6 is 0 Å². The summed E-state index contributed by atoms with van der Waals surface area (Å²) in [6.07, 6.45) is 1.44. The smallest absolute Gasteiger partial charge is 0.289 e. The van der Waals surface area contributed by atoms with Crippen molar-refractivity contribution in [2.45, 2.75) is 17.9 Å². The zero-order valence-electron chi connectivity index (χ0n) is 10.9. The zero-order chi connectivity index (χ0) is 15.5. The van der Waals surface area contributed by atoms with E-state index in [1.54, 1.807) is 0 Å². The molecule has 2 atom stereocenters. The summed E-state index contributed by atoms with van der Waals surface area (Å²) in [4.78, 5) is 9.57. The van der Waals surface area contributed by atoms with Crippen LogP contribution in [0.25, 0.3) is 0 Å². The third-order valence-corrected chi connectivity index (χ3v) is 4.90. The van der Waals surface area contributed by atoms with Crippen LogP contribution in [0.5, 0.6) is 0 Å². The molecule has 1 aromatic carbocycles. The highest BCUT2D eigenvalue weighted by molar-refractivity contribution is 7.89. The molecule has 0 aliphatic rings. The molecular formula is C10H15N3O5S2. The Morgan fingerprint density at radius 3 is 2.60 bits per heavy atom. The summed E-state index contributed by atoms with van der Waals surface area (Å²) < 4.78 is 37.6. The Balaban J connectivity index is 3.18. The standard InChI is InChI=1S/C10H15N3O5S2/c1-7(6-19(2)16)12-20(17,18)10-5-8(11)3-4-9(10)13(14)15/h3-5,7,12H,6,11H2,1-2H3. The van der Waals surface area contributed by atoms with Crippen molar-refractivity contribution in [3.05, 3.63) is 28.3 Å². The Kier molecular flexibility index (Phi) is 5.20. The van der Waals surface area contributed by atoms with E-state index < -0.39 is 42.4 Å². The zero-order valence-corrected chi connectivity index (χ0v) is 12.5. The molecule has 0 spiro atoms. The topological polar surface area (TPSA) is 132 Å². The number of nitro groups is 1. The van der Waals surface area contributed by atoms with Crippen LogP contribution in [0, 0.1) is 10.1 Å². The summed E-state index contributed by atoms with van der Waals surface area (Å²) in [5.41, 5.74) is 5.01. The summed E-state index contributed by atoms with van der Waals surface area (Å²) in [6, 6.07) is 2.69. The molecule has 0 aliphatic heterocycles. The fraction of sp³-hybridized carbons (Fsp3) is 0.400. The van der Waals surface area contributed by atoms with Crippen molar-refractivity contribution in [3.63, 3.8) is 0 Å². The molecule has 0 radical (unpaired) electrons. The number of nitrogen functional groups attached to an aromatic ring is 1. The maximum absolute atomic E-state index is 12.1. The van der Waals surface area contributed by atoms with E-state index in [9.17, 15) is 22.7 Å². The van der Waals surface area contributed by atoms with Gasteiger partial charge in [-0.1, -0.05) is 0 Å². The van der Waals surface area contributed by atoms with E-state index in [0.717, 1.165) is 12.1 Å². The first-order valence-corrected chi connectivity index (χ1v) is 8.71. The average molecular weight is 321 g/mol. The van der Waals surface area contributed by atoms with Crippen molar-refractivity contribution in [2.75, 3.05) is 17.7 Å². The lowest BCUT2D eigenvalue weighted by molar-refractivity contribution is -0.387. The van der Waals surface area contributed by atoms with E-state index >= 15 is 0 Å². The Hall–Kier alpha value is -1.52. The van der Waals surface area contributed by atoms with E-state index in [2.05, 4.69) is 4.72 Å². The minimum absolute atomic E-state index is 0.0997. The quantitative estimate of drug-likeness (QED) is 0.437. The van der Waals surface area contributed by atoms with Crippen molar-refractivity contribution in [1.29, 1.82) is 0 Å². The van der Waals surface area contributed by atoms with Crippen LogP contribution in [0.15, 0.2) is 23.1 Å². The first-order valence-electron chi connectivity index (χ1n) is 5.49. The molecule has 0 saturated heterocycles. The fourth-order valence-electron chi connectivity index (χ4n) is 1.61. The van der Waals surface area contributed by atoms with Gasteiger partial charge in [-0.2, -0.15) is 0 Å². The third-order valence-electron chi connectivity index (χ3n) is 2.31. The van der Waals surface area contributed by atoms with E-state index in [0.29, 0.717) is 0 Å². The van der Waals surface area contributed by atoms with E-state index in [-0.39, 0.29) is 11.4 Å². The van der Waals surface area contributed by atoms with Gasteiger partial charge in [0.15, 0.2) is 4.90 Å². The predicted octanol–water partition coefficient (Wildman–Crippen LogP) is 0.222. The number of sulfonamides is 1. The van der Waals surface area contributed by atoms with Gasteiger partial charge in [0.2, 0.25) is 10.0 Å². The molecule has 0 fully saturated rings. The molecule has 1 aromatic rings. The summed E-state index contributed by atoms with van der Waals surface area (Å²) in [7, 11) is -5.30. The molecule has 0 aromatic heterocycles. The van der Waals surface area contributed by atoms with Crippen LogP contribution in [-0.4, -0.2) is 35.6 Å². The molecule has 3 N–H and O–H groups in total. The van der Waals surface area contributed by atoms with Crippen molar-refractivity contribution in [1.82, 2.24) is 4.72 Å². The minimum Gasteiger partial charge on any atom is -0.399 e. The second kappa shape index (κ2) is 6.29. The minimum atomic E-state index is -4.11. The maximum Gasteiger partial charge on any atom is 0.289 e. The van der Waals surface area contributed by atoms with Gasteiger partial charge in [-0.3, -0.25) is 14.3 Å². The third kappa shape index (κ3) is 4.25. The second-order valence-electron chi connectivity index (χ2n) is 4.25. The first-order chi connectivity index (χ1) is 9.13. The Morgan fingerprint density at radius 1 is 1.50 bits per heavy atom. The van der Waals surface area contributed by atoms with E-state index in [1.165, 1.54) is 19.2 Å². The molecule has 0 amide bonds. The van der Waals surface area contributed by atoms with Crippen LogP contribution in [0.1, 0.15) is 6.92 Å². The molecule has 0 saturated carbocycles. The maximum atomic E-state index is 12.1. The number of nitrogens with one attached hydrogen (secondary N) is 1. The fourth-order valence-corrected chi connectivity index (χ4v) is 3.95. The monoisotopic (exact) mass is 321 g/mol. The van der Waals surface area contributed by atoms with Gasteiger partial charge >= 0.3 is 0 Å². The van der Waals surface area contributed by atoms with Crippen molar-refractivity contribution < 1.29 is 17.6 Å². The first kappa shape index (κ1) is 16.5. The van der Waals surface area contributed by atoms with Gasteiger partial charge < -0.3 is 5.73 Å². The van der Waals surface area contributed by atoms with Gasteiger partial charge in [0.05, 0.1) is 4.92 Å². The lowest BCUT2D eigenvalue weighted by Crippen LogP contribution is -2.36. The highest BCUT2D eigenvalue weighted by atomic mass is 32.2. The molecule has 2 unspecified atom stereocenters. The molecule has 0 heterocycles. The van der Waals surface area contributed by atoms with Crippen LogP contribution in [-0.2, 0) is 20.8 Å². The van der Waals surface area contributed by atoms with Crippen molar-refractivity contribution in [3.8, 4) is 0 Å². The molecule has 0 aliphatic carbocycles. The number of anilines is 1. The highest BCUT2D eigenvalue weighted by Gasteiger charge is 2.27. The van der Waals surface area contributed by atoms with Gasteiger partial charge in [0.1, 0.15) is 0 Å². The number of nitro benzene ring substituents is 1. The Labute approximate surface area is 119 Å². The van der Waals surface area contributed by atoms with Gasteiger partial charge in [0, 0.05) is 40.6 Å². The van der Waals surface area contributed by atoms with Crippen molar-refractivity contribution >= 4 is 32.2 Å². The largest absolute Gasteiger partial charge is 0.399 e. The summed E-state index contributed by atoms with van der Waals surface area (Å²) >= 11 is 0. The second-order valence-corrected chi connectivity index (χ2v) is 7.41. The van der Waals surface area contributed by atoms with Gasteiger partial charge in [-0.15, -0.1) is 0 Å². The summed E-state index contributed by atoms with van der Waals surface area (Å²) in [5.74, 6) is 0.106. The van der Waals surface area contributed by atoms with Crippen LogP contribution < -0.4 is 10.5 Å². The number of rotatable bonds is 6. The van der Waals surface area contributed by atoms with Crippen LogP contribution in [0.4, 0.5) is 11.4 Å². The lowest BCUT2D eigenvalue weighted by Gasteiger charge is -2.13. The lowest BCUT2D eigenvalue weighted by atomic mass is 10.3. The Morgan fingerprint density at radius 2 is 2.10 bits per heavy atom. The van der Waals surface area contributed by atoms with Crippen molar-refractivity contribution in [2.24, 2.45) is 0 Å². The number of nitrogens with two attached hydrogens (primary N) is 1. The summed E-state index contributed by atoms with van der Waals surface area (Å²) in [6.45, 7) is 1.52. The molecule has 112 valence electrons. The highest BCUT2D eigenvalue weighted by Crippen LogP contribution is 2.25. The molecule has 0 bridgehead atoms. The number of hydrogen-bond donors (Lipinski definition) is 2. The predicted molar refractivity (Wildman–Crippen MR) is 76.2 cm³/mol. The molecule has 20 heavy (non-hydrogen) atoms. The molecule has 10 heteroatoms. The van der Waals surface area contributed by atoms with Crippen LogP contribution in [0.3, 0.4) is 0 Å². The van der Waals surface area contributed by atoms with Crippen LogP contribution in [0.2, 0.25) is 0 Å². The number of nitrogens with zero attached hydrogens (tertiary/aromatic N) is 1. The molecular weight excluding hydrogens is 306 g/mol. The normalized spacial score (nSPS) is 14.7.